The summed E-state index contributed by atoms with van der Waals surface area (Å²) in [5.41, 5.74) is 8.21. The smallest absolute Gasteiger partial charge is 0.180 e. The van der Waals surface area contributed by atoms with Crippen molar-refractivity contribution in [2.75, 3.05) is 13.2 Å². The summed E-state index contributed by atoms with van der Waals surface area (Å²) in [6.45, 7) is 4.29. The molecule has 32 heavy (non-hydrogen) atoms. The van der Waals surface area contributed by atoms with E-state index < -0.39 is 26.5 Å². The van der Waals surface area contributed by atoms with E-state index in [0.29, 0.717) is 37.4 Å². The number of nitriles is 1. The molecule has 2 aromatic carbocycles. The van der Waals surface area contributed by atoms with E-state index in [1.165, 1.54) is 0 Å². The highest BCUT2D eigenvalue weighted by molar-refractivity contribution is 7.92. The Bertz CT molecular complexity index is 1080. The van der Waals surface area contributed by atoms with Gasteiger partial charge in [0.25, 0.3) is 0 Å². The number of carbonyl (C=O) groups is 1. The quantitative estimate of drug-likeness (QED) is 0.651. The van der Waals surface area contributed by atoms with E-state index in [1.807, 2.05) is 24.3 Å². The first-order chi connectivity index (χ1) is 15.2. The van der Waals surface area contributed by atoms with Gasteiger partial charge in [-0.25, -0.2) is 8.42 Å². The Balaban J connectivity index is 1.66. The molecule has 6 nitrogen and oxygen atoms in total. The molecule has 1 aliphatic rings. The van der Waals surface area contributed by atoms with Crippen molar-refractivity contribution < 1.29 is 17.9 Å². The predicted molar refractivity (Wildman–Crippen MR) is 124 cm³/mol. The molecule has 170 valence electrons. The second-order valence-electron chi connectivity index (χ2n) is 8.74. The number of rotatable bonds is 8. The minimum Gasteiger partial charge on any atom is -0.381 e. The van der Waals surface area contributed by atoms with Crippen LogP contribution in [0.4, 0.5) is 0 Å². The molecular weight excluding hydrogens is 424 g/mol. The lowest BCUT2D eigenvalue weighted by molar-refractivity contribution is -0.128. The van der Waals surface area contributed by atoms with Crippen LogP contribution in [0.3, 0.4) is 0 Å². The summed E-state index contributed by atoms with van der Waals surface area (Å²) < 4.78 is 29.9. The summed E-state index contributed by atoms with van der Waals surface area (Å²) >= 11 is 0. The first-order valence-electron chi connectivity index (χ1n) is 10.9. The average Bonchev–Trinajstić information content (AvgIpc) is 2.79. The van der Waals surface area contributed by atoms with Crippen LogP contribution in [0, 0.1) is 17.2 Å². The van der Waals surface area contributed by atoms with Gasteiger partial charge in [-0.2, -0.15) is 5.26 Å². The molecule has 1 heterocycles. The van der Waals surface area contributed by atoms with Gasteiger partial charge in [-0.05, 0) is 61.9 Å². The highest BCUT2D eigenvalue weighted by Gasteiger charge is 2.36. The molecule has 7 heteroatoms. The fourth-order valence-electron chi connectivity index (χ4n) is 3.83. The zero-order chi connectivity index (χ0) is 23.4. The maximum Gasteiger partial charge on any atom is 0.180 e. The standard InChI is InChI=1S/C25H30N2O4S/c1-18(2)32(29,30)23-9-7-22(8-10-23)21-5-3-19(4-6-21)15-20(17-26)16-24(28)25(27)11-13-31-14-12-25/h3-10,18,20H,11-16,27H2,1-2H3/t20-/m1/s1. The van der Waals surface area contributed by atoms with E-state index in [0.717, 1.165) is 16.7 Å². The number of nitrogens with zero attached hydrogens (tertiary/aromatic N) is 1. The van der Waals surface area contributed by atoms with Gasteiger partial charge >= 0.3 is 0 Å². The molecule has 1 aliphatic heterocycles. The zero-order valence-corrected chi connectivity index (χ0v) is 19.4. The number of hydrogen-bond acceptors (Lipinski definition) is 6. The first-order valence-corrected chi connectivity index (χ1v) is 12.4. The lowest BCUT2D eigenvalue weighted by atomic mass is 9.81. The number of ether oxygens (including phenoxy) is 1. The maximum atomic E-state index is 12.7. The SMILES string of the molecule is CC(C)S(=O)(=O)c1ccc(-c2ccc(C[C@@H](C#N)CC(=O)C3(N)CCOCC3)cc2)cc1. The molecule has 1 saturated heterocycles. The van der Waals surface area contributed by atoms with Crippen LogP contribution >= 0.6 is 0 Å². The summed E-state index contributed by atoms with van der Waals surface area (Å²) in [5, 5.41) is 9.10. The van der Waals surface area contributed by atoms with E-state index in [9.17, 15) is 18.5 Å². The molecule has 0 spiro atoms. The van der Waals surface area contributed by atoms with E-state index >= 15 is 0 Å². The van der Waals surface area contributed by atoms with Gasteiger partial charge in [0, 0.05) is 19.6 Å². The van der Waals surface area contributed by atoms with Crippen molar-refractivity contribution in [2.24, 2.45) is 11.7 Å². The molecule has 2 N–H and O–H groups in total. The summed E-state index contributed by atoms with van der Waals surface area (Å²) in [6, 6.07) is 16.9. The molecule has 2 aromatic rings. The number of carbonyl (C=O) groups excluding carboxylic acids is 1. The molecule has 0 amide bonds. The number of nitrogens with two attached hydrogens (primary N) is 1. The summed E-state index contributed by atoms with van der Waals surface area (Å²) in [5.74, 6) is -0.502. The second-order valence-corrected chi connectivity index (χ2v) is 11.2. The van der Waals surface area contributed by atoms with Gasteiger partial charge in [0.05, 0.1) is 27.7 Å². The lowest BCUT2D eigenvalue weighted by Gasteiger charge is -2.32. The molecule has 0 aliphatic carbocycles. The minimum atomic E-state index is -3.30. The third kappa shape index (κ3) is 5.44. The van der Waals surface area contributed by atoms with Gasteiger partial charge < -0.3 is 10.5 Å². The maximum absolute atomic E-state index is 12.7. The molecule has 1 atom stereocenters. The minimum absolute atomic E-state index is 0.0691. The number of hydrogen-bond donors (Lipinski definition) is 1. The third-order valence-electron chi connectivity index (χ3n) is 6.13. The fraction of sp³-hybridized carbons (Fsp3) is 0.440. The molecule has 3 rings (SSSR count). The Morgan fingerprint density at radius 3 is 2.09 bits per heavy atom. The Morgan fingerprint density at radius 2 is 1.59 bits per heavy atom. The Labute approximate surface area is 190 Å². The van der Waals surface area contributed by atoms with Crippen molar-refractivity contribution in [3.05, 3.63) is 54.1 Å². The Kier molecular flexibility index (Phi) is 7.50. The van der Waals surface area contributed by atoms with Crippen LogP contribution in [0.2, 0.25) is 0 Å². The van der Waals surface area contributed by atoms with Crippen LogP contribution in [-0.2, 0) is 25.8 Å². The van der Waals surface area contributed by atoms with E-state index in [-0.39, 0.29) is 12.2 Å². The van der Waals surface area contributed by atoms with Crippen LogP contribution in [0.15, 0.2) is 53.4 Å². The van der Waals surface area contributed by atoms with Gasteiger partial charge in [-0.15, -0.1) is 0 Å². The van der Waals surface area contributed by atoms with Crippen LogP contribution < -0.4 is 5.73 Å². The number of ketones is 1. The summed E-state index contributed by atoms with van der Waals surface area (Å²) in [7, 11) is -3.30. The van der Waals surface area contributed by atoms with E-state index in [2.05, 4.69) is 6.07 Å². The predicted octanol–water partition coefficient (Wildman–Crippen LogP) is 3.69. The third-order valence-corrected chi connectivity index (χ3v) is 8.30. The lowest BCUT2D eigenvalue weighted by Crippen LogP contribution is -2.52. The summed E-state index contributed by atoms with van der Waals surface area (Å²) in [6.07, 6.45) is 1.60. The van der Waals surface area contributed by atoms with Gasteiger partial charge in [0.1, 0.15) is 0 Å². The van der Waals surface area contributed by atoms with Crippen molar-refractivity contribution in [1.82, 2.24) is 0 Å². The van der Waals surface area contributed by atoms with E-state index in [1.54, 1.807) is 38.1 Å². The van der Waals surface area contributed by atoms with Crippen molar-refractivity contribution in [1.29, 1.82) is 5.26 Å². The highest BCUT2D eigenvalue weighted by atomic mass is 32.2. The summed E-state index contributed by atoms with van der Waals surface area (Å²) in [4.78, 5) is 13.0. The molecule has 0 saturated carbocycles. The van der Waals surface area contributed by atoms with Crippen LogP contribution in [0.1, 0.15) is 38.7 Å². The van der Waals surface area contributed by atoms with Crippen molar-refractivity contribution >= 4 is 15.6 Å². The topological polar surface area (TPSA) is 110 Å². The fourth-order valence-corrected chi connectivity index (χ4v) is 4.89. The Morgan fingerprint density at radius 1 is 1.06 bits per heavy atom. The molecular formula is C25H30N2O4S. The molecule has 0 radical (unpaired) electrons. The van der Waals surface area contributed by atoms with Gasteiger partial charge in [0.15, 0.2) is 15.6 Å². The molecule has 0 aromatic heterocycles. The van der Waals surface area contributed by atoms with Crippen LogP contribution in [-0.4, -0.2) is 38.2 Å². The second kappa shape index (κ2) is 9.95. The van der Waals surface area contributed by atoms with Crippen molar-refractivity contribution in [3.8, 4) is 17.2 Å². The number of sulfone groups is 1. The zero-order valence-electron chi connectivity index (χ0n) is 18.6. The largest absolute Gasteiger partial charge is 0.381 e. The van der Waals surface area contributed by atoms with Crippen LogP contribution in [0.5, 0.6) is 0 Å². The van der Waals surface area contributed by atoms with Gasteiger partial charge in [0.2, 0.25) is 0 Å². The first kappa shape index (κ1) is 24.1. The van der Waals surface area contributed by atoms with Crippen LogP contribution in [0.25, 0.3) is 11.1 Å². The monoisotopic (exact) mass is 454 g/mol. The van der Waals surface area contributed by atoms with Crippen molar-refractivity contribution in [3.63, 3.8) is 0 Å². The molecule has 0 unspecified atom stereocenters. The molecule has 0 bridgehead atoms. The van der Waals surface area contributed by atoms with E-state index in [4.69, 9.17) is 10.5 Å². The normalized spacial score (nSPS) is 17.0. The van der Waals surface area contributed by atoms with Gasteiger partial charge in [-0.3, -0.25) is 4.79 Å². The van der Waals surface area contributed by atoms with Crippen molar-refractivity contribution in [2.45, 2.75) is 55.2 Å². The molecule has 1 fully saturated rings. The number of benzene rings is 2. The highest BCUT2D eigenvalue weighted by Crippen LogP contribution is 2.26. The Hall–Kier alpha value is -2.53. The average molecular weight is 455 g/mol. The van der Waals surface area contributed by atoms with Gasteiger partial charge in [-0.1, -0.05) is 36.4 Å². The number of Topliss-reactive ketones (excluding diaryl/α,β-unsaturated/α-hetero) is 1.